The highest BCUT2D eigenvalue weighted by molar-refractivity contribution is 7.51. The van der Waals surface area contributed by atoms with Crippen LogP contribution < -0.4 is 0 Å². The number of hydrogen-bond acceptors (Lipinski definition) is 4. The average molecular weight is 253 g/mol. The summed E-state index contributed by atoms with van der Waals surface area (Å²) in [5.41, 5.74) is 0. The summed E-state index contributed by atoms with van der Waals surface area (Å²) in [5, 5.41) is 8.43. The summed E-state index contributed by atoms with van der Waals surface area (Å²) in [7, 11) is -4.53. The zero-order valence-corrected chi connectivity index (χ0v) is 9.17. The highest BCUT2D eigenvalue weighted by atomic mass is 31.2. The Hall–Kier alpha value is -1.37. The maximum atomic E-state index is 11.2. The Bertz CT molecular complexity index is 323. The molecular weight excluding hydrogens is 241 g/mol. The van der Waals surface area contributed by atoms with Gasteiger partial charge in [0.25, 0.3) is 0 Å². The van der Waals surface area contributed by atoms with E-state index in [1.54, 1.807) is 0 Å². The van der Waals surface area contributed by atoms with E-state index in [1.807, 2.05) is 0 Å². The van der Waals surface area contributed by atoms with Crippen LogP contribution in [0.5, 0.6) is 0 Å². The normalized spacial score (nSPS) is 10.6. The molecule has 0 unspecified atom stereocenters. The smallest absolute Gasteiger partial charge is 0.411 e. The van der Waals surface area contributed by atoms with E-state index in [0.29, 0.717) is 4.90 Å². The van der Waals surface area contributed by atoms with Gasteiger partial charge >= 0.3 is 19.7 Å². The minimum absolute atomic E-state index is 0.171. The van der Waals surface area contributed by atoms with E-state index in [0.717, 1.165) is 0 Å². The molecule has 9 heteroatoms. The highest BCUT2D eigenvalue weighted by Crippen LogP contribution is 2.35. The van der Waals surface area contributed by atoms with E-state index in [1.165, 1.54) is 6.08 Å². The van der Waals surface area contributed by atoms with E-state index < -0.39 is 32.5 Å². The largest absolute Gasteiger partial charge is 0.480 e. The van der Waals surface area contributed by atoms with Crippen molar-refractivity contribution in [2.75, 3.05) is 19.4 Å². The molecule has 8 nitrogen and oxygen atoms in total. The number of carbonyl (C=O) groups excluding carboxylic acids is 1. The lowest BCUT2D eigenvalue weighted by molar-refractivity contribution is -0.137. The lowest BCUT2D eigenvalue weighted by atomic mass is 10.6. The van der Waals surface area contributed by atoms with Gasteiger partial charge in [0.05, 0.1) is 0 Å². The molecule has 0 aromatic carbocycles. The molecule has 16 heavy (non-hydrogen) atoms. The molecule has 1 amide bonds. The van der Waals surface area contributed by atoms with Gasteiger partial charge in [-0.25, -0.2) is 4.79 Å². The van der Waals surface area contributed by atoms with Crippen LogP contribution in [0.3, 0.4) is 0 Å². The molecule has 0 atom stereocenters. The molecular formula is C7H12NO7P. The van der Waals surface area contributed by atoms with Crippen LogP contribution in [0.1, 0.15) is 0 Å². The quantitative estimate of drug-likeness (QED) is 0.443. The van der Waals surface area contributed by atoms with Gasteiger partial charge in [-0.05, 0) is 0 Å². The predicted octanol–water partition coefficient (Wildman–Crippen LogP) is -0.169. The number of aliphatic carboxylic acids is 1. The SMILES string of the molecule is C=CCOC(=O)N(CC(=O)O)CP(=O)(O)O. The fourth-order valence-corrected chi connectivity index (χ4v) is 1.44. The van der Waals surface area contributed by atoms with E-state index in [4.69, 9.17) is 14.9 Å². The van der Waals surface area contributed by atoms with Gasteiger partial charge in [-0.3, -0.25) is 14.3 Å². The molecule has 0 aromatic rings. The average Bonchev–Trinajstić information content (AvgIpc) is 2.10. The molecule has 0 aliphatic heterocycles. The number of amides is 1. The number of carboxylic acid groups (broad SMARTS) is 1. The molecule has 0 radical (unpaired) electrons. The van der Waals surface area contributed by atoms with Crippen LogP contribution in [-0.4, -0.2) is 51.3 Å². The molecule has 0 heterocycles. The van der Waals surface area contributed by atoms with Crippen molar-refractivity contribution >= 4 is 19.7 Å². The maximum absolute atomic E-state index is 11.2. The molecule has 0 fully saturated rings. The number of carboxylic acids is 1. The van der Waals surface area contributed by atoms with Crippen LogP contribution in [0.4, 0.5) is 4.79 Å². The van der Waals surface area contributed by atoms with Crippen molar-refractivity contribution in [3.05, 3.63) is 12.7 Å². The van der Waals surface area contributed by atoms with E-state index in [2.05, 4.69) is 11.3 Å². The van der Waals surface area contributed by atoms with Gasteiger partial charge in [-0.1, -0.05) is 12.7 Å². The van der Waals surface area contributed by atoms with E-state index >= 15 is 0 Å². The van der Waals surface area contributed by atoms with Crippen LogP contribution in [0.15, 0.2) is 12.7 Å². The third-order valence-electron chi connectivity index (χ3n) is 1.26. The summed E-state index contributed by atoms with van der Waals surface area (Å²) in [6.45, 7) is 2.25. The van der Waals surface area contributed by atoms with Gasteiger partial charge in [0.2, 0.25) is 0 Å². The number of ether oxygens (including phenoxy) is 1. The third kappa shape index (κ3) is 6.99. The first-order chi connectivity index (χ1) is 7.26. The van der Waals surface area contributed by atoms with Crippen molar-refractivity contribution in [3.8, 4) is 0 Å². The van der Waals surface area contributed by atoms with Gasteiger partial charge in [0.1, 0.15) is 19.4 Å². The molecule has 0 aliphatic rings. The highest BCUT2D eigenvalue weighted by Gasteiger charge is 2.26. The number of rotatable bonds is 6. The standard InChI is InChI=1S/C7H12NO7P/c1-2-3-15-7(11)8(4-6(9)10)5-16(12,13)14/h2H,1,3-5H2,(H,9,10)(H2,12,13,14). The van der Waals surface area contributed by atoms with Crippen LogP contribution in [-0.2, 0) is 14.1 Å². The van der Waals surface area contributed by atoms with Crippen molar-refractivity contribution in [2.45, 2.75) is 0 Å². The third-order valence-corrected chi connectivity index (χ3v) is 1.97. The number of hydrogen-bond donors (Lipinski definition) is 3. The van der Waals surface area contributed by atoms with Crippen molar-refractivity contribution in [2.24, 2.45) is 0 Å². The van der Waals surface area contributed by atoms with Crippen molar-refractivity contribution in [1.29, 1.82) is 0 Å². The molecule has 0 spiro atoms. The molecule has 0 bridgehead atoms. The van der Waals surface area contributed by atoms with E-state index in [-0.39, 0.29) is 6.61 Å². The minimum Gasteiger partial charge on any atom is -0.480 e. The monoisotopic (exact) mass is 253 g/mol. The summed E-state index contributed by atoms with van der Waals surface area (Å²) in [5.74, 6) is -1.40. The van der Waals surface area contributed by atoms with Gasteiger partial charge in [-0.15, -0.1) is 0 Å². The molecule has 3 N–H and O–H groups in total. The molecule has 0 saturated carbocycles. The molecule has 0 aliphatic carbocycles. The van der Waals surface area contributed by atoms with Gasteiger partial charge in [0.15, 0.2) is 0 Å². The number of carbonyl (C=O) groups is 2. The Kier molecular flexibility index (Phi) is 5.73. The molecule has 0 saturated heterocycles. The second-order valence-corrected chi connectivity index (χ2v) is 4.38. The fraction of sp³-hybridized carbons (Fsp3) is 0.429. The summed E-state index contributed by atoms with van der Waals surface area (Å²) in [4.78, 5) is 39.2. The first kappa shape index (κ1) is 14.6. The maximum Gasteiger partial charge on any atom is 0.411 e. The van der Waals surface area contributed by atoms with Crippen LogP contribution in [0, 0.1) is 0 Å². The Morgan fingerprint density at radius 1 is 1.44 bits per heavy atom. The summed E-state index contributed by atoms with van der Waals surface area (Å²) < 4.78 is 15.1. The lowest BCUT2D eigenvalue weighted by Crippen LogP contribution is -2.36. The summed E-state index contributed by atoms with van der Waals surface area (Å²) in [6, 6.07) is 0. The van der Waals surface area contributed by atoms with Gasteiger partial charge in [0, 0.05) is 0 Å². The molecule has 0 aromatic heterocycles. The minimum atomic E-state index is -4.53. The van der Waals surface area contributed by atoms with Crippen molar-refractivity contribution < 1.29 is 33.8 Å². The van der Waals surface area contributed by atoms with Crippen LogP contribution in [0.25, 0.3) is 0 Å². The van der Waals surface area contributed by atoms with Crippen molar-refractivity contribution in [1.82, 2.24) is 4.90 Å². The lowest BCUT2D eigenvalue weighted by Gasteiger charge is -2.19. The molecule has 0 rings (SSSR count). The topological polar surface area (TPSA) is 124 Å². The first-order valence-electron chi connectivity index (χ1n) is 4.05. The summed E-state index contributed by atoms with van der Waals surface area (Å²) in [6.07, 6.45) is -0.880. The first-order valence-corrected chi connectivity index (χ1v) is 5.85. The Labute approximate surface area is 91.3 Å². The van der Waals surface area contributed by atoms with Gasteiger partial charge < -0.3 is 19.6 Å². The van der Waals surface area contributed by atoms with E-state index in [9.17, 15) is 14.2 Å². The zero-order valence-electron chi connectivity index (χ0n) is 8.27. The van der Waals surface area contributed by atoms with Gasteiger partial charge in [-0.2, -0.15) is 0 Å². The Morgan fingerprint density at radius 2 is 2.00 bits per heavy atom. The van der Waals surface area contributed by atoms with Crippen LogP contribution in [0.2, 0.25) is 0 Å². The summed E-state index contributed by atoms with van der Waals surface area (Å²) >= 11 is 0. The second-order valence-electron chi connectivity index (χ2n) is 2.76. The molecule has 92 valence electrons. The predicted molar refractivity (Wildman–Crippen MR) is 52.8 cm³/mol. The number of nitrogens with zero attached hydrogens (tertiary/aromatic N) is 1. The zero-order chi connectivity index (χ0) is 12.8. The van der Waals surface area contributed by atoms with Crippen molar-refractivity contribution in [3.63, 3.8) is 0 Å². The van der Waals surface area contributed by atoms with Crippen LogP contribution >= 0.6 is 7.60 Å². The second kappa shape index (κ2) is 6.26. The fourth-order valence-electron chi connectivity index (χ4n) is 0.779. The Balaban J connectivity index is 4.53. The Morgan fingerprint density at radius 3 is 2.38 bits per heavy atom.